The smallest absolute Gasteiger partial charge is 0.225 e. The van der Waals surface area contributed by atoms with Crippen LogP contribution in [0.3, 0.4) is 0 Å². The molecule has 0 atom stereocenters. The van der Waals surface area contributed by atoms with Crippen molar-refractivity contribution in [2.75, 3.05) is 46.3 Å². The zero-order valence-corrected chi connectivity index (χ0v) is 17.6. The van der Waals surface area contributed by atoms with Crippen molar-refractivity contribution in [3.63, 3.8) is 0 Å². The normalized spacial score (nSPS) is 23.4. The largest absolute Gasteiger partial charge is 0.342 e. The lowest BCUT2D eigenvalue weighted by molar-refractivity contribution is -0.136. The highest BCUT2D eigenvalue weighted by molar-refractivity contribution is 5.79. The van der Waals surface area contributed by atoms with Gasteiger partial charge in [-0.2, -0.15) is 0 Å². The Kier molecular flexibility index (Phi) is 6.69. The molecule has 0 aromatic heterocycles. The molecule has 4 rings (SSSR count). The van der Waals surface area contributed by atoms with Crippen LogP contribution < -0.4 is 0 Å². The maximum Gasteiger partial charge on any atom is 0.225 e. The number of hydrogen-bond acceptors (Lipinski definition) is 3. The fourth-order valence-corrected chi connectivity index (χ4v) is 5.17. The van der Waals surface area contributed by atoms with Crippen LogP contribution in [0.5, 0.6) is 0 Å². The highest BCUT2D eigenvalue weighted by atomic mass is 16.2. The first-order valence-electron chi connectivity index (χ1n) is 11.4. The molecule has 4 heteroatoms. The van der Waals surface area contributed by atoms with Crippen LogP contribution in [-0.2, 0) is 17.8 Å². The molecular formula is C24H37N3O. The summed E-state index contributed by atoms with van der Waals surface area (Å²) >= 11 is 0. The first-order valence-corrected chi connectivity index (χ1v) is 11.4. The van der Waals surface area contributed by atoms with Crippen molar-refractivity contribution in [2.45, 2.75) is 51.5 Å². The van der Waals surface area contributed by atoms with E-state index in [-0.39, 0.29) is 0 Å². The van der Waals surface area contributed by atoms with E-state index in [0.29, 0.717) is 11.8 Å². The van der Waals surface area contributed by atoms with E-state index in [2.05, 4.69) is 46.0 Å². The van der Waals surface area contributed by atoms with Gasteiger partial charge in [-0.1, -0.05) is 37.1 Å². The zero-order valence-electron chi connectivity index (χ0n) is 17.6. The van der Waals surface area contributed by atoms with Crippen molar-refractivity contribution in [1.29, 1.82) is 0 Å². The Morgan fingerprint density at radius 3 is 2.11 bits per heavy atom. The molecule has 2 aliphatic heterocycles. The van der Waals surface area contributed by atoms with Crippen molar-refractivity contribution in [3.05, 3.63) is 35.4 Å². The Balaban J connectivity index is 1.21. The van der Waals surface area contributed by atoms with Crippen LogP contribution in [0, 0.1) is 11.8 Å². The molecule has 154 valence electrons. The Morgan fingerprint density at radius 1 is 0.857 bits per heavy atom. The van der Waals surface area contributed by atoms with Crippen molar-refractivity contribution < 1.29 is 4.79 Å². The van der Waals surface area contributed by atoms with E-state index >= 15 is 0 Å². The molecule has 1 amide bonds. The van der Waals surface area contributed by atoms with Crippen molar-refractivity contribution in [3.8, 4) is 0 Å². The lowest BCUT2D eigenvalue weighted by Crippen LogP contribution is -2.43. The van der Waals surface area contributed by atoms with E-state index in [1.807, 2.05) is 0 Å². The summed E-state index contributed by atoms with van der Waals surface area (Å²) in [6, 6.07) is 9.32. The average Bonchev–Trinajstić information content (AvgIpc) is 3.26. The number of nitrogens with zero attached hydrogens (tertiary/aromatic N) is 3. The number of carbonyl (C=O) groups is 1. The average molecular weight is 384 g/mol. The van der Waals surface area contributed by atoms with Gasteiger partial charge >= 0.3 is 0 Å². The van der Waals surface area contributed by atoms with E-state index in [9.17, 15) is 4.79 Å². The number of benzene rings is 1. The molecule has 3 fully saturated rings. The summed E-state index contributed by atoms with van der Waals surface area (Å²) in [6.45, 7) is 7.74. The van der Waals surface area contributed by atoms with Crippen LogP contribution >= 0.6 is 0 Å². The summed E-state index contributed by atoms with van der Waals surface area (Å²) in [5.74, 6) is 1.52. The highest BCUT2D eigenvalue weighted by Crippen LogP contribution is 2.29. The van der Waals surface area contributed by atoms with Crippen LogP contribution in [0.25, 0.3) is 0 Å². The number of rotatable bonds is 5. The quantitative estimate of drug-likeness (QED) is 0.780. The number of amides is 1. The molecule has 2 saturated heterocycles. The predicted molar refractivity (Wildman–Crippen MR) is 114 cm³/mol. The Morgan fingerprint density at radius 2 is 1.46 bits per heavy atom. The lowest BCUT2D eigenvalue weighted by Gasteiger charge is -2.34. The third-order valence-electron chi connectivity index (χ3n) is 7.18. The summed E-state index contributed by atoms with van der Waals surface area (Å²) in [7, 11) is 2.21. The molecule has 2 heterocycles. The van der Waals surface area contributed by atoms with Crippen molar-refractivity contribution >= 4 is 5.91 Å². The molecule has 0 radical (unpaired) electrons. The maximum atomic E-state index is 12.6. The van der Waals surface area contributed by atoms with Gasteiger partial charge in [-0.15, -0.1) is 0 Å². The molecule has 0 N–H and O–H groups in total. The number of carbonyl (C=O) groups excluding carboxylic acids is 1. The number of likely N-dealkylation sites (tertiary alicyclic amines) is 1. The predicted octanol–water partition coefficient (Wildman–Crippen LogP) is 3.41. The van der Waals surface area contributed by atoms with Crippen molar-refractivity contribution in [2.24, 2.45) is 11.8 Å². The van der Waals surface area contributed by atoms with Crippen molar-refractivity contribution in [1.82, 2.24) is 14.7 Å². The molecule has 28 heavy (non-hydrogen) atoms. The topological polar surface area (TPSA) is 26.8 Å². The van der Waals surface area contributed by atoms with Crippen LogP contribution in [-0.4, -0.2) is 66.9 Å². The first-order chi connectivity index (χ1) is 13.7. The van der Waals surface area contributed by atoms with E-state index < -0.39 is 0 Å². The second kappa shape index (κ2) is 9.41. The van der Waals surface area contributed by atoms with Gasteiger partial charge < -0.3 is 9.80 Å². The minimum absolute atomic E-state index is 0.337. The third kappa shape index (κ3) is 5.15. The standard InChI is InChI=1S/C24H37N3O/c1-25-14-16-26(17-15-25)19-22-8-6-20(7-9-22)18-21-10-12-27(13-11-21)24(28)23-4-2-3-5-23/h6-9,21,23H,2-5,10-19H2,1H3. The van der Waals surface area contributed by atoms with E-state index in [4.69, 9.17) is 0 Å². The number of piperidine rings is 1. The van der Waals surface area contributed by atoms with Crippen LogP contribution in [0.15, 0.2) is 24.3 Å². The summed E-state index contributed by atoms with van der Waals surface area (Å²) in [4.78, 5) is 19.7. The Bertz CT molecular complexity index is 622. The van der Waals surface area contributed by atoms with Gasteiger partial charge in [0.25, 0.3) is 0 Å². The summed E-state index contributed by atoms with van der Waals surface area (Å²) in [6.07, 6.45) is 8.25. The number of hydrogen-bond donors (Lipinski definition) is 0. The minimum Gasteiger partial charge on any atom is -0.342 e. The summed E-state index contributed by atoms with van der Waals surface area (Å²) in [5.41, 5.74) is 2.90. The molecule has 0 spiro atoms. The van der Waals surface area contributed by atoms with Gasteiger partial charge in [-0.3, -0.25) is 9.69 Å². The number of piperazine rings is 1. The van der Waals surface area contributed by atoms with Gasteiger partial charge in [-0.25, -0.2) is 0 Å². The monoisotopic (exact) mass is 383 g/mol. The lowest BCUT2D eigenvalue weighted by atomic mass is 9.89. The zero-order chi connectivity index (χ0) is 19.3. The molecule has 1 aromatic carbocycles. The Labute approximate surface area is 170 Å². The van der Waals surface area contributed by atoms with Crippen LogP contribution in [0.1, 0.15) is 49.7 Å². The van der Waals surface area contributed by atoms with Crippen LogP contribution in [0.2, 0.25) is 0 Å². The molecule has 0 unspecified atom stereocenters. The SMILES string of the molecule is CN1CCN(Cc2ccc(CC3CCN(C(=O)C4CCCC4)CC3)cc2)CC1. The minimum atomic E-state index is 0.337. The van der Waals surface area contributed by atoms with Gasteiger partial charge in [0, 0.05) is 51.7 Å². The van der Waals surface area contributed by atoms with Gasteiger partial charge in [0.15, 0.2) is 0 Å². The van der Waals surface area contributed by atoms with Gasteiger partial charge in [0.1, 0.15) is 0 Å². The second-order valence-electron chi connectivity index (χ2n) is 9.35. The van der Waals surface area contributed by atoms with E-state index in [1.54, 1.807) is 0 Å². The Hall–Kier alpha value is -1.39. The van der Waals surface area contributed by atoms with Gasteiger partial charge in [0.2, 0.25) is 5.91 Å². The fourth-order valence-electron chi connectivity index (χ4n) is 5.17. The van der Waals surface area contributed by atoms with Crippen LogP contribution in [0.4, 0.5) is 0 Å². The molecule has 1 aliphatic carbocycles. The molecule has 4 nitrogen and oxygen atoms in total. The third-order valence-corrected chi connectivity index (χ3v) is 7.18. The fraction of sp³-hybridized carbons (Fsp3) is 0.708. The molecule has 0 bridgehead atoms. The van der Waals surface area contributed by atoms with Gasteiger partial charge in [0.05, 0.1) is 0 Å². The number of likely N-dealkylation sites (N-methyl/N-ethyl adjacent to an activating group) is 1. The van der Waals surface area contributed by atoms with Gasteiger partial charge in [-0.05, 0) is 56.2 Å². The van der Waals surface area contributed by atoms with E-state index in [1.165, 1.54) is 69.4 Å². The maximum absolute atomic E-state index is 12.6. The molecule has 3 aliphatic rings. The second-order valence-corrected chi connectivity index (χ2v) is 9.35. The summed E-state index contributed by atoms with van der Waals surface area (Å²) in [5, 5.41) is 0. The molecule has 1 aromatic rings. The first kappa shape index (κ1) is 19.9. The van der Waals surface area contributed by atoms with E-state index in [0.717, 1.165) is 38.4 Å². The molecular weight excluding hydrogens is 346 g/mol. The molecule has 1 saturated carbocycles. The summed E-state index contributed by atoms with van der Waals surface area (Å²) < 4.78 is 0. The highest BCUT2D eigenvalue weighted by Gasteiger charge is 2.30.